The van der Waals surface area contributed by atoms with Gasteiger partial charge in [0, 0.05) is 24.6 Å². The first-order valence-electron chi connectivity index (χ1n) is 14.7. The number of amides is 1. The van der Waals surface area contributed by atoms with Crippen LogP contribution in [0.1, 0.15) is 70.2 Å². The molecule has 0 spiro atoms. The van der Waals surface area contributed by atoms with E-state index in [2.05, 4.69) is 19.2 Å². The summed E-state index contributed by atoms with van der Waals surface area (Å²) in [5.41, 5.74) is 0.632. The number of benzene rings is 2. The highest BCUT2D eigenvalue weighted by molar-refractivity contribution is 5.89. The summed E-state index contributed by atoms with van der Waals surface area (Å²) in [6, 6.07) is 18.5. The van der Waals surface area contributed by atoms with E-state index in [1.165, 1.54) is 0 Å². The molecule has 2 aromatic carbocycles. The first-order valence-corrected chi connectivity index (χ1v) is 14.7. The standard InChI is InChI=1S/C34H45NO6/c1-24(29(20-22-33(2,3)39-23-38-5)41-32(37)35-26-15-10-7-11-16-26)27-18-19-28-30(17-12-21-34(27,28)4)40-31(36)25-13-8-6-9-14-25/h6-11,13-16,20,22,24,27-30H,12,17-19,21,23H2,1-5H3,(H,35,37)/b22-20-/t24-,27+,28+,29-,30-,34+/m0/s1. The Bertz CT molecular complexity index is 1170. The molecule has 2 aliphatic rings. The van der Waals surface area contributed by atoms with Gasteiger partial charge in [-0.2, -0.15) is 0 Å². The highest BCUT2D eigenvalue weighted by Gasteiger charge is 2.54. The van der Waals surface area contributed by atoms with Crippen molar-refractivity contribution in [3.05, 3.63) is 78.4 Å². The third-order valence-electron chi connectivity index (χ3n) is 9.06. The van der Waals surface area contributed by atoms with Gasteiger partial charge in [-0.1, -0.05) is 56.3 Å². The largest absolute Gasteiger partial charge is 0.458 e. The minimum atomic E-state index is -0.600. The monoisotopic (exact) mass is 563 g/mol. The van der Waals surface area contributed by atoms with Gasteiger partial charge in [-0.15, -0.1) is 0 Å². The first kappa shape index (κ1) is 30.8. The van der Waals surface area contributed by atoms with Gasteiger partial charge in [-0.05, 0) is 87.6 Å². The Morgan fingerprint density at radius 2 is 1.73 bits per heavy atom. The van der Waals surface area contributed by atoms with Crippen molar-refractivity contribution in [1.82, 2.24) is 0 Å². The molecule has 0 unspecified atom stereocenters. The normalized spacial score (nSPS) is 25.7. The van der Waals surface area contributed by atoms with Gasteiger partial charge >= 0.3 is 12.1 Å². The van der Waals surface area contributed by atoms with Crippen LogP contribution in [-0.4, -0.2) is 43.8 Å². The van der Waals surface area contributed by atoms with E-state index in [9.17, 15) is 9.59 Å². The maximum atomic E-state index is 13.0. The van der Waals surface area contributed by atoms with E-state index in [1.807, 2.05) is 74.5 Å². The summed E-state index contributed by atoms with van der Waals surface area (Å²) in [4.78, 5) is 26.0. The Kier molecular flexibility index (Phi) is 10.3. The number of ether oxygens (including phenoxy) is 4. The lowest BCUT2D eigenvalue weighted by Crippen LogP contribution is -2.45. The molecule has 222 valence electrons. The molecule has 0 saturated heterocycles. The van der Waals surface area contributed by atoms with Crippen molar-refractivity contribution in [2.75, 3.05) is 19.2 Å². The van der Waals surface area contributed by atoms with Gasteiger partial charge in [0.15, 0.2) is 0 Å². The second kappa shape index (κ2) is 13.7. The second-order valence-electron chi connectivity index (χ2n) is 12.2. The van der Waals surface area contributed by atoms with Gasteiger partial charge in [-0.25, -0.2) is 9.59 Å². The second-order valence-corrected chi connectivity index (χ2v) is 12.2. The zero-order valence-corrected chi connectivity index (χ0v) is 25.0. The van der Waals surface area contributed by atoms with E-state index in [4.69, 9.17) is 18.9 Å². The molecule has 4 rings (SSSR count). The van der Waals surface area contributed by atoms with Gasteiger partial charge in [0.25, 0.3) is 0 Å². The van der Waals surface area contributed by atoms with Crippen molar-refractivity contribution in [3.8, 4) is 0 Å². The van der Waals surface area contributed by atoms with Crippen molar-refractivity contribution in [1.29, 1.82) is 0 Å². The molecule has 1 amide bonds. The van der Waals surface area contributed by atoms with Crippen LogP contribution in [0.15, 0.2) is 72.8 Å². The third-order valence-corrected chi connectivity index (χ3v) is 9.06. The number of rotatable bonds is 11. The van der Waals surface area contributed by atoms with E-state index in [0.29, 0.717) is 11.3 Å². The van der Waals surface area contributed by atoms with Crippen LogP contribution >= 0.6 is 0 Å². The van der Waals surface area contributed by atoms with Crippen molar-refractivity contribution in [2.24, 2.45) is 23.2 Å². The fourth-order valence-corrected chi connectivity index (χ4v) is 6.87. The first-order chi connectivity index (χ1) is 19.6. The van der Waals surface area contributed by atoms with Gasteiger partial charge in [-0.3, -0.25) is 5.32 Å². The molecular formula is C34H45NO6. The zero-order chi connectivity index (χ0) is 29.5. The molecular weight excluding hydrogens is 518 g/mol. The highest BCUT2D eigenvalue weighted by Crippen LogP contribution is 2.59. The summed E-state index contributed by atoms with van der Waals surface area (Å²) in [6.45, 7) is 8.58. The SMILES string of the molecule is COCOC(C)(C)/C=C\[C@H](OC(=O)Nc1ccccc1)[C@@H](C)[C@H]1CC[C@@H]2[C@@H](OC(=O)c3ccccc3)CCC[C@]12C. The Hall–Kier alpha value is -3.16. The van der Waals surface area contributed by atoms with Crippen LogP contribution in [0, 0.1) is 23.2 Å². The Morgan fingerprint density at radius 3 is 2.41 bits per heavy atom. The molecule has 2 fully saturated rings. The molecule has 0 aromatic heterocycles. The van der Waals surface area contributed by atoms with Crippen molar-refractivity contribution in [3.63, 3.8) is 0 Å². The maximum Gasteiger partial charge on any atom is 0.412 e. The Morgan fingerprint density at radius 1 is 1.05 bits per heavy atom. The maximum absolute atomic E-state index is 13.0. The highest BCUT2D eigenvalue weighted by atomic mass is 16.7. The number of hydrogen-bond donors (Lipinski definition) is 1. The number of nitrogens with one attached hydrogen (secondary N) is 1. The lowest BCUT2D eigenvalue weighted by molar-refractivity contribution is -0.0924. The summed E-state index contributed by atoms with van der Waals surface area (Å²) in [5.74, 6) is 0.328. The third kappa shape index (κ3) is 7.77. The molecule has 1 N–H and O–H groups in total. The summed E-state index contributed by atoms with van der Waals surface area (Å²) in [6.07, 6.45) is 7.72. The van der Waals surface area contributed by atoms with E-state index < -0.39 is 17.8 Å². The number of para-hydroxylation sites is 1. The van der Waals surface area contributed by atoms with Crippen molar-refractivity contribution in [2.45, 2.75) is 77.6 Å². The van der Waals surface area contributed by atoms with E-state index in [-0.39, 0.29) is 42.0 Å². The number of fused-ring (bicyclic) bond motifs is 1. The van der Waals surface area contributed by atoms with E-state index >= 15 is 0 Å². The van der Waals surface area contributed by atoms with Gasteiger partial charge < -0.3 is 18.9 Å². The van der Waals surface area contributed by atoms with Gasteiger partial charge in [0.2, 0.25) is 0 Å². The molecule has 0 radical (unpaired) electrons. The molecule has 7 heteroatoms. The van der Waals surface area contributed by atoms with Crippen LogP contribution in [0.2, 0.25) is 0 Å². The van der Waals surface area contributed by atoms with Crippen LogP contribution in [-0.2, 0) is 18.9 Å². The average Bonchev–Trinajstić information content (AvgIpc) is 3.32. The minimum absolute atomic E-state index is 0.0320. The number of anilines is 1. The summed E-state index contributed by atoms with van der Waals surface area (Å²) in [5, 5.41) is 2.86. The molecule has 0 heterocycles. The molecule has 41 heavy (non-hydrogen) atoms. The zero-order valence-electron chi connectivity index (χ0n) is 25.0. The number of carbonyl (C=O) groups is 2. The number of esters is 1. The minimum Gasteiger partial charge on any atom is -0.458 e. The number of methoxy groups -OCH3 is 1. The predicted octanol–water partition coefficient (Wildman–Crippen LogP) is 7.64. The van der Waals surface area contributed by atoms with Crippen LogP contribution in [0.5, 0.6) is 0 Å². The van der Waals surface area contributed by atoms with Crippen LogP contribution in [0.4, 0.5) is 10.5 Å². The van der Waals surface area contributed by atoms with Crippen molar-refractivity contribution < 1.29 is 28.5 Å². The summed E-state index contributed by atoms with van der Waals surface area (Å²) < 4.78 is 23.1. The Labute approximate surface area is 244 Å². The lowest BCUT2D eigenvalue weighted by Gasteiger charge is -2.46. The van der Waals surface area contributed by atoms with Crippen molar-refractivity contribution >= 4 is 17.7 Å². The smallest absolute Gasteiger partial charge is 0.412 e. The topological polar surface area (TPSA) is 83.1 Å². The van der Waals surface area contributed by atoms with Crippen LogP contribution in [0.25, 0.3) is 0 Å². The van der Waals surface area contributed by atoms with Gasteiger partial charge in [0.05, 0.1) is 11.2 Å². The molecule has 2 saturated carbocycles. The summed E-state index contributed by atoms with van der Waals surface area (Å²) in [7, 11) is 1.59. The number of hydrogen-bond acceptors (Lipinski definition) is 6. The fraction of sp³-hybridized carbons (Fsp3) is 0.529. The van der Waals surface area contributed by atoms with Crippen LogP contribution in [0.3, 0.4) is 0 Å². The molecule has 0 aliphatic heterocycles. The molecule has 6 atom stereocenters. The number of carbonyl (C=O) groups excluding carboxylic acids is 2. The van der Waals surface area contributed by atoms with E-state index in [1.54, 1.807) is 19.2 Å². The average molecular weight is 564 g/mol. The van der Waals surface area contributed by atoms with E-state index in [0.717, 1.165) is 32.1 Å². The molecule has 2 aliphatic carbocycles. The van der Waals surface area contributed by atoms with Gasteiger partial charge in [0.1, 0.15) is 19.0 Å². The fourth-order valence-electron chi connectivity index (χ4n) is 6.87. The predicted molar refractivity (Wildman–Crippen MR) is 159 cm³/mol. The quantitative estimate of drug-likeness (QED) is 0.172. The Balaban J connectivity index is 1.52. The summed E-state index contributed by atoms with van der Waals surface area (Å²) >= 11 is 0. The van der Waals surface area contributed by atoms with Crippen LogP contribution < -0.4 is 5.32 Å². The lowest BCUT2D eigenvalue weighted by atomic mass is 9.61. The molecule has 2 aromatic rings. The molecule has 0 bridgehead atoms. The molecule has 7 nitrogen and oxygen atoms in total.